The number of hydrogen-bond donors (Lipinski definition) is 2. The van der Waals surface area contributed by atoms with Gasteiger partial charge < -0.3 is 20.5 Å². The molecule has 0 aliphatic rings. The van der Waals surface area contributed by atoms with Gasteiger partial charge in [0.15, 0.2) is 11.5 Å². The third kappa shape index (κ3) is 4.44. The second kappa shape index (κ2) is 6.90. The monoisotopic (exact) mass is 246 g/mol. The molecule has 0 heterocycles. The van der Waals surface area contributed by atoms with Crippen LogP contribution in [-0.4, -0.2) is 26.8 Å². The Balaban J connectivity index is 2.73. The molecule has 4 nitrogen and oxygen atoms in total. The highest BCUT2D eigenvalue weighted by atomic mass is 19.3. The molecule has 0 aliphatic carbocycles. The van der Waals surface area contributed by atoms with Crippen molar-refractivity contribution in [3.05, 3.63) is 18.2 Å². The van der Waals surface area contributed by atoms with Crippen LogP contribution in [0.15, 0.2) is 18.2 Å². The molecule has 17 heavy (non-hydrogen) atoms. The van der Waals surface area contributed by atoms with Crippen LogP contribution in [0, 0.1) is 0 Å². The third-order valence-corrected chi connectivity index (χ3v) is 2.09. The summed E-state index contributed by atoms with van der Waals surface area (Å²) in [5, 5.41) is 3.05. The zero-order chi connectivity index (χ0) is 12.7. The number of benzene rings is 1. The van der Waals surface area contributed by atoms with Gasteiger partial charge >= 0.3 is 6.61 Å². The molecule has 0 spiro atoms. The van der Waals surface area contributed by atoms with E-state index >= 15 is 0 Å². The van der Waals surface area contributed by atoms with Crippen molar-refractivity contribution in [2.75, 3.05) is 25.5 Å². The SMILES string of the molecule is COc1ccc(NCCCN)cc1OC(F)F. The number of alkyl halides is 2. The maximum atomic E-state index is 12.2. The number of ether oxygens (including phenoxy) is 2. The molecule has 6 heteroatoms. The van der Waals surface area contributed by atoms with E-state index in [1.165, 1.54) is 13.2 Å². The Morgan fingerprint density at radius 1 is 1.35 bits per heavy atom. The van der Waals surface area contributed by atoms with E-state index < -0.39 is 6.61 Å². The van der Waals surface area contributed by atoms with Crippen molar-refractivity contribution >= 4 is 5.69 Å². The van der Waals surface area contributed by atoms with Crippen LogP contribution in [0.5, 0.6) is 11.5 Å². The molecule has 0 fully saturated rings. The summed E-state index contributed by atoms with van der Waals surface area (Å²) >= 11 is 0. The molecule has 96 valence electrons. The van der Waals surface area contributed by atoms with Gasteiger partial charge in [0.25, 0.3) is 0 Å². The molecule has 0 atom stereocenters. The number of hydrogen-bond acceptors (Lipinski definition) is 4. The van der Waals surface area contributed by atoms with Gasteiger partial charge in [0.2, 0.25) is 0 Å². The lowest BCUT2D eigenvalue weighted by Gasteiger charge is -2.12. The Kier molecular flexibility index (Phi) is 5.48. The Morgan fingerprint density at radius 3 is 2.71 bits per heavy atom. The Bertz CT molecular complexity index is 348. The first-order chi connectivity index (χ1) is 8.17. The summed E-state index contributed by atoms with van der Waals surface area (Å²) < 4.78 is 33.6. The molecule has 0 aliphatic heterocycles. The van der Waals surface area contributed by atoms with Crippen LogP contribution in [0.25, 0.3) is 0 Å². The molecule has 3 N–H and O–H groups in total. The highest BCUT2D eigenvalue weighted by molar-refractivity contribution is 5.54. The Hall–Kier alpha value is -1.56. The molecule has 0 amide bonds. The van der Waals surface area contributed by atoms with Crippen molar-refractivity contribution in [2.24, 2.45) is 5.73 Å². The molecule has 1 aromatic rings. The van der Waals surface area contributed by atoms with Gasteiger partial charge in [-0.1, -0.05) is 0 Å². The van der Waals surface area contributed by atoms with Crippen LogP contribution in [0.2, 0.25) is 0 Å². The van der Waals surface area contributed by atoms with E-state index in [0.29, 0.717) is 18.8 Å². The van der Waals surface area contributed by atoms with Gasteiger partial charge in [0, 0.05) is 18.3 Å². The first-order valence-corrected chi connectivity index (χ1v) is 5.24. The molecule has 0 saturated carbocycles. The Labute approximate surface area is 98.7 Å². The van der Waals surface area contributed by atoms with Crippen LogP contribution in [-0.2, 0) is 0 Å². The summed E-state index contributed by atoms with van der Waals surface area (Å²) in [5.74, 6) is 0.287. The molecular formula is C11H16F2N2O2. The topological polar surface area (TPSA) is 56.5 Å². The number of halogens is 2. The van der Waals surface area contributed by atoms with Crippen molar-refractivity contribution in [1.29, 1.82) is 0 Å². The quantitative estimate of drug-likeness (QED) is 0.723. The minimum atomic E-state index is -2.87. The summed E-state index contributed by atoms with van der Waals surface area (Å²) in [6, 6.07) is 4.78. The van der Waals surface area contributed by atoms with Crippen LogP contribution >= 0.6 is 0 Å². The maximum absolute atomic E-state index is 12.2. The summed E-state index contributed by atoms with van der Waals surface area (Å²) in [5.41, 5.74) is 6.04. The van der Waals surface area contributed by atoms with Gasteiger partial charge in [-0.3, -0.25) is 0 Å². The minimum Gasteiger partial charge on any atom is -0.493 e. The molecule has 0 aromatic heterocycles. The highest BCUT2D eigenvalue weighted by Crippen LogP contribution is 2.31. The molecule has 0 unspecified atom stereocenters. The van der Waals surface area contributed by atoms with E-state index in [9.17, 15) is 8.78 Å². The van der Waals surface area contributed by atoms with Crippen molar-refractivity contribution in [3.63, 3.8) is 0 Å². The molecule has 1 aromatic carbocycles. The fraction of sp³-hybridized carbons (Fsp3) is 0.455. The van der Waals surface area contributed by atoms with E-state index in [1.807, 2.05) is 0 Å². The fourth-order valence-electron chi connectivity index (χ4n) is 1.31. The van der Waals surface area contributed by atoms with Gasteiger partial charge in [-0.15, -0.1) is 0 Å². The summed E-state index contributed by atoms with van der Waals surface area (Å²) in [6.45, 7) is -1.62. The number of anilines is 1. The lowest BCUT2D eigenvalue weighted by Crippen LogP contribution is -2.09. The van der Waals surface area contributed by atoms with Crippen molar-refractivity contribution in [2.45, 2.75) is 13.0 Å². The zero-order valence-electron chi connectivity index (χ0n) is 9.58. The van der Waals surface area contributed by atoms with E-state index in [1.54, 1.807) is 12.1 Å². The van der Waals surface area contributed by atoms with E-state index in [4.69, 9.17) is 10.5 Å². The first-order valence-electron chi connectivity index (χ1n) is 5.24. The lowest BCUT2D eigenvalue weighted by molar-refractivity contribution is -0.0511. The summed E-state index contributed by atoms with van der Waals surface area (Å²) in [6.07, 6.45) is 0.803. The van der Waals surface area contributed by atoms with Crippen molar-refractivity contribution in [3.8, 4) is 11.5 Å². The average Bonchev–Trinajstić information content (AvgIpc) is 2.29. The van der Waals surface area contributed by atoms with Gasteiger partial charge in [-0.05, 0) is 25.1 Å². The van der Waals surface area contributed by atoms with E-state index in [-0.39, 0.29) is 11.5 Å². The van der Waals surface area contributed by atoms with Crippen LogP contribution in [0.1, 0.15) is 6.42 Å². The number of rotatable bonds is 7. The molecule has 1 rings (SSSR count). The average molecular weight is 246 g/mol. The fourth-order valence-corrected chi connectivity index (χ4v) is 1.31. The smallest absolute Gasteiger partial charge is 0.387 e. The predicted molar refractivity (Wildman–Crippen MR) is 61.8 cm³/mol. The van der Waals surface area contributed by atoms with Crippen molar-refractivity contribution in [1.82, 2.24) is 0 Å². The number of methoxy groups -OCH3 is 1. The largest absolute Gasteiger partial charge is 0.493 e. The number of nitrogens with one attached hydrogen (secondary N) is 1. The van der Waals surface area contributed by atoms with Crippen molar-refractivity contribution < 1.29 is 18.3 Å². The van der Waals surface area contributed by atoms with E-state index in [2.05, 4.69) is 10.1 Å². The molecule has 0 saturated heterocycles. The lowest BCUT2D eigenvalue weighted by atomic mass is 10.2. The molecule has 0 radical (unpaired) electrons. The minimum absolute atomic E-state index is 0.0141. The second-order valence-electron chi connectivity index (χ2n) is 3.31. The zero-order valence-corrected chi connectivity index (χ0v) is 9.58. The van der Waals surface area contributed by atoms with Gasteiger partial charge in [0.1, 0.15) is 0 Å². The standard InChI is InChI=1S/C11H16F2N2O2/c1-16-9-4-3-8(15-6-2-5-14)7-10(9)17-11(12)13/h3-4,7,11,15H,2,5-6,14H2,1H3. The third-order valence-electron chi connectivity index (χ3n) is 2.09. The maximum Gasteiger partial charge on any atom is 0.387 e. The summed E-state index contributed by atoms with van der Waals surface area (Å²) in [7, 11) is 1.40. The normalized spacial score (nSPS) is 10.4. The van der Waals surface area contributed by atoms with Gasteiger partial charge in [-0.25, -0.2) is 0 Å². The van der Waals surface area contributed by atoms with Gasteiger partial charge in [-0.2, -0.15) is 8.78 Å². The van der Waals surface area contributed by atoms with Crippen LogP contribution < -0.4 is 20.5 Å². The van der Waals surface area contributed by atoms with E-state index in [0.717, 1.165) is 6.42 Å². The highest BCUT2D eigenvalue weighted by Gasteiger charge is 2.10. The van der Waals surface area contributed by atoms with Crippen LogP contribution in [0.4, 0.5) is 14.5 Å². The first kappa shape index (κ1) is 13.5. The van der Waals surface area contributed by atoms with Crippen LogP contribution in [0.3, 0.4) is 0 Å². The predicted octanol–water partition coefficient (Wildman–Crippen LogP) is 2.06. The Morgan fingerprint density at radius 2 is 2.12 bits per heavy atom. The van der Waals surface area contributed by atoms with Gasteiger partial charge in [0.05, 0.1) is 7.11 Å². The number of nitrogens with two attached hydrogens (primary N) is 1. The summed E-state index contributed by atoms with van der Waals surface area (Å²) in [4.78, 5) is 0. The molecule has 0 bridgehead atoms. The second-order valence-corrected chi connectivity index (χ2v) is 3.31. The molecular weight excluding hydrogens is 230 g/mol.